The second kappa shape index (κ2) is 5.08. The highest BCUT2D eigenvalue weighted by atomic mass is 32.1. The normalized spacial score (nSPS) is 11.5. The molecule has 0 saturated heterocycles. The number of hydrogen-bond acceptors (Lipinski definition) is 2. The molecule has 0 atom stereocenters. The Morgan fingerprint density at radius 2 is 1.38 bits per heavy atom. The molecule has 0 amide bonds. The molecule has 24 heavy (non-hydrogen) atoms. The third-order valence-electron chi connectivity index (χ3n) is 4.56. The van der Waals surface area contributed by atoms with Gasteiger partial charge in [0.05, 0.1) is 0 Å². The molecule has 2 heteroatoms. The van der Waals surface area contributed by atoms with E-state index in [1.54, 1.807) is 6.07 Å². The smallest absolute Gasteiger partial charge is 0.123 e. The van der Waals surface area contributed by atoms with E-state index in [9.17, 15) is 5.11 Å². The molecule has 5 rings (SSSR count). The molecule has 0 fully saturated rings. The van der Waals surface area contributed by atoms with Crippen LogP contribution in [0.25, 0.3) is 42.1 Å². The Bertz CT molecular complexity index is 1220. The summed E-state index contributed by atoms with van der Waals surface area (Å²) in [6.45, 7) is 0. The first-order valence-electron chi connectivity index (χ1n) is 7.94. The van der Waals surface area contributed by atoms with Gasteiger partial charge in [-0.3, -0.25) is 0 Å². The molecule has 114 valence electrons. The van der Waals surface area contributed by atoms with Crippen LogP contribution in [0.5, 0.6) is 5.75 Å². The summed E-state index contributed by atoms with van der Waals surface area (Å²) in [4.78, 5) is 0. The zero-order valence-electron chi connectivity index (χ0n) is 12.9. The zero-order valence-corrected chi connectivity index (χ0v) is 13.7. The lowest BCUT2D eigenvalue weighted by molar-refractivity contribution is 0.477. The van der Waals surface area contributed by atoms with E-state index < -0.39 is 0 Å². The Labute approximate surface area is 143 Å². The van der Waals surface area contributed by atoms with Crippen molar-refractivity contribution in [2.75, 3.05) is 0 Å². The van der Waals surface area contributed by atoms with Gasteiger partial charge in [-0.1, -0.05) is 60.7 Å². The predicted molar refractivity (Wildman–Crippen MR) is 104 cm³/mol. The monoisotopic (exact) mass is 326 g/mol. The topological polar surface area (TPSA) is 20.2 Å². The van der Waals surface area contributed by atoms with Crippen LogP contribution in [0.2, 0.25) is 0 Å². The quantitative estimate of drug-likeness (QED) is 0.369. The lowest BCUT2D eigenvalue weighted by Gasteiger charge is -2.11. The highest BCUT2D eigenvalue weighted by molar-refractivity contribution is 7.26. The van der Waals surface area contributed by atoms with E-state index in [0.29, 0.717) is 5.75 Å². The highest BCUT2D eigenvalue weighted by Gasteiger charge is 2.16. The first-order valence-corrected chi connectivity index (χ1v) is 8.76. The number of phenolic OH excluding ortho intramolecular Hbond substituents is 1. The summed E-state index contributed by atoms with van der Waals surface area (Å²) < 4.78 is 2.53. The fourth-order valence-corrected chi connectivity index (χ4v) is 4.68. The largest absolute Gasteiger partial charge is 0.507 e. The molecule has 1 nitrogen and oxygen atoms in total. The van der Waals surface area contributed by atoms with Crippen LogP contribution in [-0.4, -0.2) is 5.11 Å². The second-order valence-electron chi connectivity index (χ2n) is 5.96. The maximum absolute atomic E-state index is 10.5. The predicted octanol–water partition coefficient (Wildman–Crippen LogP) is 6.58. The van der Waals surface area contributed by atoms with Crippen LogP contribution in [0.15, 0.2) is 78.9 Å². The van der Waals surface area contributed by atoms with Gasteiger partial charge in [0.15, 0.2) is 0 Å². The number of benzene rings is 4. The lowest BCUT2D eigenvalue weighted by Crippen LogP contribution is -1.84. The van der Waals surface area contributed by atoms with E-state index in [1.165, 1.54) is 30.9 Å². The van der Waals surface area contributed by atoms with E-state index in [4.69, 9.17) is 0 Å². The van der Waals surface area contributed by atoms with Gasteiger partial charge in [-0.15, -0.1) is 11.3 Å². The summed E-state index contributed by atoms with van der Waals surface area (Å²) in [5.41, 5.74) is 2.02. The van der Waals surface area contributed by atoms with E-state index in [-0.39, 0.29) is 0 Å². The standard InChI is InChI=1S/C22H14OS/c23-18-11-5-3-9-16(18)21-15-8-2-1-7-14(15)13-20-22(21)17-10-4-6-12-19(17)24-20/h1-13,23H. The number of aromatic hydroxyl groups is 1. The molecule has 0 saturated carbocycles. The van der Waals surface area contributed by atoms with Crippen LogP contribution in [0.4, 0.5) is 0 Å². The number of thiophene rings is 1. The van der Waals surface area contributed by atoms with Gasteiger partial charge >= 0.3 is 0 Å². The first kappa shape index (κ1) is 13.6. The summed E-state index contributed by atoms with van der Waals surface area (Å²) in [6.07, 6.45) is 0. The molecule has 1 heterocycles. The summed E-state index contributed by atoms with van der Waals surface area (Å²) >= 11 is 1.81. The first-order chi connectivity index (χ1) is 11.8. The van der Waals surface area contributed by atoms with Crippen LogP contribution in [-0.2, 0) is 0 Å². The molecule has 1 N–H and O–H groups in total. The van der Waals surface area contributed by atoms with Gasteiger partial charge in [-0.05, 0) is 29.0 Å². The Balaban J connectivity index is 2.09. The maximum Gasteiger partial charge on any atom is 0.123 e. The fourth-order valence-electron chi connectivity index (χ4n) is 3.52. The van der Waals surface area contributed by atoms with Crippen molar-refractivity contribution in [3.63, 3.8) is 0 Å². The summed E-state index contributed by atoms with van der Waals surface area (Å²) in [5.74, 6) is 0.324. The van der Waals surface area contributed by atoms with Crippen molar-refractivity contribution in [3.8, 4) is 16.9 Å². The van der Waals surface area contributed by atoms with Gasteiger partial charge in [0, 0.05) is 31.3 Å². The van der Waals surface area contributed by atoms with Crippen LogP contribution < -0.4 is 0 Å². The molecule has 1 aromatic heterocycles. The summed E-state index contributed by atoms with van der Waals surface area (Å²) in [7, 11) is 0. The van der Waals surface area contributed by atoms with Gasteiger partial charge in [-0.25, -0.2) is 0 Å². The third kappa shape index (κ3) is 1.87. The van der Waals surface area contributed by atoms with Crippen LogP contribution in [0.1, 0.15) is 0 Å². The van der Waals surface area contributed by atoms with E-state index in [0.717, 1.165) is 11.1 Å². The van der Waals surface area contributed by atoms with Crippen molar-refractivity contribution in [1.29, 1.82) is 0 Å². The molecule has 0 aliphatic heterocycles. The molecule has 4 aromatic carbocycles. The van der Waals surface area contributed by atoms with Crippen molar-refractivity contribution >= 4 is 42.3 Å². The van der Waals surface area contributed by atoms with Gasteiger partial charge < -0.3 is 5.11 Å². The molecule has 0 aliphatic carbocycles. The van der Waals surface area contributed by atoms with Crippen molar-refractivity contribution in [3.05, 3.63) is 78.9 Å². The van der Waals surface area contributed by atoms with E-state index in [1.807, 2.05) is 29.5 Å². The Hall–Kier alpha value is -2.84. The van der Waals surface area contributed by atoms with Crippen LogP contribution in [0, 0.1) is 0 Å². The molecule has 0 radical (unpaired) electrons. The van der Waals surface area contributed by atoms with E-state index >= 15 is 0 Å². The SMILES string of the molecule is Oc1ccccc1-c1c2ccccc2cc2sc3ccccc3c12. The molecule has 0 unspecified atom stereocenters. The number of hydrogen-bond donors (Lipinski definition) is 1. The van der Waals surface area contributed by atoms with Crippen LogP contribution >= 0.6 is 11.3 Å². The molecule has 0 aliphatic rings. The van der Waals surface area contributed by atoms with Crippen molar-refractivity contribution in [2.45, 2.75) is 0 Å². The van der Waals surface area contributed by atoms with Gasteiger partial charge in [0.25, 0.3) is 0 Å². The third-order valence-corrected chi connectivity index (χ3v) is 5.68. The second-order valence-corrected chi connectivity index (χ2v) is 7.04. The zero-order chi connectivity index (χ0) is 16.1. The Morgan fingerprint density at radius 3 is 2.25 bits per heavy atom. The van der Waals surface area contributed by atoms with Crippen molar-refractivity contribution in [2.24, 2.45) is 0 Å². The lowest BCUT2D eigenvalue weighted by atomic mass is 9.93. The molecule has 0 spiro atoms. The van der Waals surface area contributed by atoms with Crippen LogP contribution in [0.3, 0.4) is 0 Å². The average Bonchev–Trinajstić information content (AvgIpc) is 2.98. The van der Waals surface area contributed by atoms with Crippen molar-refractivity contribution < 1.29 is 5.11 Å². The molecular formula is C22H14OS. The minimum absolute atomic E-state index is 0.324. The van der Waals surface area contributed by atoms with Gasteiger partial charge in [-0.2, -0.15) is 0 Å². The number of fused-ring (bicyclic) bond motifs is 4. The minimum atomic E-state index is 0.324. The van der Waals surface area contributed by atoms with Gasteiger partial charge in [0.1, 0.15) is 5.75 Å². The molecular weight excluding hydrogens is 312 g/mol. The van der Waals surface area contributed by atoms with Crippen molar-refractivity contribution in [1.82, 2.24) is 0 Å². The number of para-hydroxylation sites is 1. The minimum Gasteiger partial charge on any atom is -0.507 e. The highest BCUT2D eigenvalue weighted by Crippen LogP contribution is 2.45. The number of rotatable bonds is 1. The number of phenols is 1. The summed E-state index contributed by atoms with van der Waals surface area (Å²) in [6, 6.07) is 26.8. The fraction of sp³-hybridized carbons (Fsp3) is 0. The molecule has 0 bridgehead atoms. The maximum atomic E-state index is 10.5. The Kier molecular flexibility index (Phi) is 2.88. The summed E-state index contributed by atoms with van der Waals surface area (Å²) in [5, 5.41) is 15.4. The van der Waals surface area contributed by atoms with Gasteiger partial charge in [0.2, 0.25) is 0 Å². The van der Waals surface area contributed by atoms with E-state index in [2.05, 4.69) is 54.6 Å². The average molecular weight is 326 g/mol. The Morgan fingerprint density at radius 1 is 0.667 bits per heavy atom. The molecule has 5 aromatic rings.